The first-order chi connectivity index (χ1) is 18.6. The lowest BCUT2D eigenvalue weighted by Gasteiger charge is -2.42. The number of hydrogen-bond donors (Lipinski definition) is 0. The van der Waals surface area contributed by atoms with E-state index in [9.17, 15) is 13.2 Å². The molecule has 2 atom stereocenters. The quantitative estimate of drug-likeness (QED) is 0.0775. The van der Waals surface area contributed by atoms with Crippen molar-refractivity contribution in [3.8, 4) is 0 Å². The molecule has 0 spiro atoms. The molecule has 0 radical (unpaired) electrons. The van der Waals surface area contributed by atoms with Crippen molar-refractivity contribution < 1.29 is 30.3 Å². The summed E-state index contributed by atoms with van der Waals surface area (Å²) in [5.74, 6) is -0.993. The molecule has 0 aliphatic rings. The van der Waals surface area contributed by atoms with E-state index in [1.807, 2.05) is 25.7 Å². The van der Waals surface area contributed by atoms with Gasteiger partial charge in [-0.15, -0.1) is 0 Å². The van der Waals surface area contributed by atoms with E-state index in [0.29, 0.717) is 6.04 Å². The van der Waals surface area contributed by atoms with E-state index >= 15 is 0 Å². The zero-order chi connectivity index (χ0) is 31.7. The molecule has 2 unspecified atom stereocenters. The predicted molar refractivity (Wildman–Crippen MR) is 178 cm³/mol. The van der Waals surface area contributed by atoms with Gasteiger partial charge in [0.15, 0.2) is 21.5 Å². The highest BCUT2D eigenvalue weighted by molar-refractivity contribution is 7.96. The number of sulfone groups is 1. The van der Waals surface area contributed by atoms with Crippen LogP contribution in [0.1, 0.15) is 20.8 Å². The SMILES string of the molecule is CCN(/C=C/C=C(\C(=O)OCC(C)C[Si](C)(O[Si](C)(C)C)O[Si](C)(C)O[Si](C)(C)C)S(=O)(=O)c1ccccc1)CC. The maximum Gasteiger partial charge on any atom is 0.350 e. The molecular formula is C28H53NO7SSi4. The van der Waals surface area contributed by atoms with Crippen molar-refractivity contribution in [2.24, 2.45) is 5.92 Å². The van der Waals surface area contributed by atoms with Gasteiger partial charge in [-0.25, -0.2) is 13.2 Å². The van der Waals surface area contributed by atoms with Gasteiger partial charge < -0.3 is 22.0 Å². The number of esters is 1. The number of benzene rings is 1. The van der Waals surface area contributed by atoms with Gasteiger partial charge in [0.1, 0.15) is 0 Å². The van der Waals surface area contributed by atoms with Gasteiger partial charge in [0, 0.05) is 13.1 Å². The average Bonchev–Trinajstić information content (AvgIpc) is 2.79. The molecule has 234 valence electrons. The molecule has 13 heteroatoms. The third-order valence-electron chi connectivity index (χ3n) is 5.65. The van der Waals surface area contributed by atoms with Crippen molar-refractivity contribution >= 4 is 49.6 Å². The van der Waals surface area contributed by atoms with Crippen LogP contribution in [0.3, 0.4) is 0 Å². The molecule has 1 aromatic carbocycles. The standard InChI is InChI=1S/C28H53NO7SSi4/c1-13-29(14-2)22-18-21-27(37(31,32)26-19-16-15-17-20-26)28(30)33-23-25(3)24-41(12,35-39(7,8)9)36-40(10,11)34-38(4,5)6/h15-22,25H,13-14,23-24H2,1-12H3/b22-18+,27-21+. The van der Waals surface area contributed by atoms with E-state index < -0.39 is 54.5 Å². The Morgan fingerprint density at radius 3 is 1.90 bits per heavy atom. The van der Waals surface area contributed by atoms with Crippen LogP contribution in [0.5, 0.6) is 0 Å². The molecule has 0 aromatic heterocycles. The zero-order valence-corrected chi connectivity index (χ0v) is 32.1. The summed E-state index contributed by atoms with van der Waals surface area (Å²) in [6, 6.07) is 8.52. The van der Waals surface area contributed by atoms with E-state index in [0.717, 1.165) is 13.1 Å². The molecule has 0 aliphatic heterocycles. The normalized spacial score (nSPS) is 16.0. The van der Waals surface area contributed by atoms with Gasteiger partial charge in [-0.3, -0.25) is 0 Å². The Labute approximate surface area is 253 Å². The maximum absolute atomic E-state index is 13.4. The molecular weight excluding hydrogens is 607 g/mol. The number of carbonyl (C=O) groups excluding carboxylic acids is 1. The number of ether oxygens (including phenoxy) is 1. The van der Waals surface area contributed by atoms with Gasteiger partial charge in [-0.2, -0.15) is 0 Å². The zero-order valence-electron chi connectivity index (χ0n) is 27.2. The van der Waals surface area contributed by atoms with Crippen LogP contribution in [-0.4, -0.2) is 72.7 Å². The van der Waals surface area contributed by atoms with Crippen LogP contribution in [0.4, 0.5) is 0 Å². The van der Waals surface area contributed by atoms with Crippen LogP contribution in [-0.2, 0) is 31.7 Å². The van der Waals surface area contributed by atoms with Gasteiger partial charge in [0.2, 0.25) is 9.84 Å². The van der Waals surface area contributed by atoms with E-state index in [4.69, 9.17) is 17.1 Å². The molecule has 8 nitrogen and oxygen atoms in total. The van der Waals surface area contributed by atoms with Gasteiger partial charge in [-0.1, -0.05) is 25.1 Å². The first kappa shape index (κ1) is 37.7. The summed E-state index contributed by atoms with van der Waals surface area (Å²) in [5, 5.41) is 0. The Morgan fingerprint density at radius 1 is 0.878 bits per heavy atom. The number of carbonyl (C=O) groups is 1. The molecule has 1 aromatic rings. The molecule has 0 amide bonds. The lowest BCUT2D eigenvalue weighted by Crippen LogP contribution is -2.57. The van der Waals surface area contributed by atoms with Crippen molar-refractivity contribution in [1.29, 1.82) is 0 Å². The molecule has 0 heterocycles. The van der Waals surface area contributed by atoms with Crippen LogP contribution in [0.15, 0.2) is 58.5 Å². The minimum absolute atomic E-state index is 0.0398. The third-order valence-corrected chi connectivity index (χ3v) is 21.2. The topological polar surface area (TPSA) is 91.4 Å². The van der Waals surface area contributed by atoms with E-state index in [1.54, 1.807) is 30.5 Å². The van der Waals surface area contributed by atoms with Crippen LogP contribution in [0.25, 0.3) is 0 Å². The average molecular weight is 660 g/mol. The van der Waals surface area contributed by atoms with Crippen molar-refractivity contribution in [2.45, 2.75) is 90.6 Å². The van der Waals surface area contributed by atoms with Gasteiger partial charge in [0.05, 0.1) is 11.5 Å². The minimum Gasteiger partial charge on any atom is -0.461 e. The number of hydrogen-bond acceptors (Lipinski definition) is 8. The number of allylic oxidation sites excluding steroid dienone is 2. The maximum atomic E-state index is 13.4. The second-order valence-corrected chi connectivity index (χ2v) is 31.2. The summed E-state index contributed by atoms with van der Waals surface area (Å²) in [6.07, 6.45) is 4.68. The lowest BCUT2D eigenvalue weighted by atomic mass is 10.2. The summed E-state index contributed by atoms with van der Waals surface area (Å²) < 4.78 is 52.4. The first-order valence-electron chi connectivity index (χ1n) is 14.3. The molecule has 0 fully saturated rings. The Hall–Kier alpha value is -1.33. The number of nitrogens with zero attached hydrogens (tertiary/aromatic N) is 1. The molecule has 0 aliphatic carbocycles. The summed E-state index contributed by atoms with van der Waals surface area (Å²) in [4.78, 5) is 14.9. The molecule has 41 heavy (non-hydrogen) atoms. The smallest absolute Gasteiger partial charge is 0.350 e. The summed E-state index contributed by atoms with van der Waals surface area (Å²) in [5.41, 5.74) is 0. The Morgan fingerprint density at radius 2 is 1.41 bits per heavy atom. The van der Waals surface area contributed by atoms with Crippen molar-refractivity contribution in [3.63, 3.8) is 0 Å². The fraction of sp³-hybridized carbons (Fsp3) is 0.607. The highest BCUT2D eigenvalue weighted by Gasteiger charge is 2.45. The van der Waals surface area contributed by atoms with Crippen molar-refractivity contribution in [2.75, 3.05) is 19.7 Å². The Balaban J connectivity index is 3.20. The highest BCUT2D eigenvalue weighted by Crippen LogP contribution is 2.30. The molecule has 0 saturated heterocycles. The minimum atomic E-state index is -4.09. The van der Waals surface area contributed by atoms with Crippen molar-refractivity contribution in [3.05, 3.63) is 53.6 Å². The fourth-order valence-electron chi connectivity index (χ4n) is 4.69. The Kier molecular flexibility index (Phi) is 14.2. The van der Waals surface area contributed by atoms with Crippen LogP contribution >= 0.6 is 0 Å². The van der Waals surface area contributed by atoms with E-state index in [1.165, 1.54) is 18.2 Å². The van der Waals surface area contributed by atoms with Crippen molar-refractivity contribution in [1.82, 2.24) is 4.90 Å². The second kappa shape index (κ2) is 15.4. The summed E-state index contributed by atoms with van der Waals surface area (Å²) in [7, 11) is -13.1. The summed E-state index contributed by atoms with van der Waals surface area (Å²) >= 11 is 0. The molecule has 0 bridgehead atoms. The van der Waals surface area contributed by atoms with E-state index in [2.05, 4.69) is 58.9 Å². The third kappa shape index (κ3) is 14.1. The fourth-order valence-corrected chi connectivity index (χ4v) is 24.4. The van der Waals surface area contributed by atoms with Crippen LogP contribution in [0.2, 0.25) is 65.0 Å². The second-order valence-electron chi connectivity index (χ2n) is 12.9. The largest absolute Gasteiger partial charge is 0.461 e. The Bertz CT molecular complexity index is 1140. The molecule has 0 saturated carbocycles. The predicted octanol–water partition coefficient (Wildman–Crippen LogP) is 6.87. The highest BCUT2D eigenvalue weighted by atomic mass is 32.2. The monoisotopic (exact) mass is 659 g/mol. The first-order valence-corrected chi connectivity index (χ1v) is 28.0. The van der Waals surface area contributed by atoms with Gasteiger partial charge in [0.25, 0.3) is 0 Å². The number of rotatable bonds is 17. The van der Waals surface area contributed by atoms with Crippen LogP contribution < -0.4 is 0 Å². The van der Waals surface area contributed by atoms with Gasteiger partial charge >= 0.3 is 23.1 Å². The van der Waals surface area contributed by atoms with E-state index in [-0.39, 0.29) is 17.4 Å². The van der Waals surface area contributed by atoms with Gasteiger partial charge in [-0.05, 0) is 115 Å². The van der Waals surface area contributed by atoms with Crippen LogP contribution in [0, 0.1) is 5.92 Å². The molecule has 0 N–H and O–H groups in total. The lowest BCUT2D eigenvalue weighted by molar-refractivity contribution is -0.139. The molecule has 1 rings (SSSR count). The summed E-state index contributed by atoms with van der Waals surface area (Å²) in [6.45, 7) is 26.6.